The maximum absolute atomic E-state index is 12.2. The molecule has 1 heterocycles. The van der Waals surface area contributed by atoms with Gasteiger partial charge in [0, 0.05) is 20.1 Å². The van der Waals surface area contributed by atoms with Crippen LogP contribution in [0.15, 0.2) is 12.4 Å². The molecular weight excluding hydrogens is 256 g/mol. The maximum Gasteiger partial charge on any atom is 0.273 e. The van der Waals surface area contributed by atoms with Crippen molar-refractivity contribution in [2.45, 2.75) is 38.2 Å². The molecule has 1 aliphatic rings. The van der Waals surface area contributed by atoms with Gasteiger partial charge < -0.3 is 15.3 Å². The molecule has 0 saturated heterocycles. The Morgan fingerprint density at radius 2 is 2.10 bits per heavy atom. The van der Waals surface area contributed by atoms with Crippen LogP contribution < -0.4 is 5.32 Å². The van der Waals surface area contributed by atoms with Crippen LogP contribution in [0.3, 0.4) is 0 Å². The molecule has 2 rings (SSSR count). The Bertz CT molecular complexity index is 455. The van der Waals surface area contributed by atoms with Gasteiger partial charge in [0.2, 0.25) is 0 Å². The van der Waals surface area contributed by atoms with Gasteiger partial charge in [-0.2, -0.15) is 0 Å². The van der Waals surface area contributed by atoms with Gasteiger partial charge in [-0.1, -0.05) is 12.8 Å². The lowest BCUT2D eigenvalue weighted by atomic mass is 10.0. The van der Waals surface area contributed by atoms with E-state index in [1.807, 2.05) is 6.92 Å². The van der Waals surface area contributed by atoms with Crippen molar-refractivity contribution in [3.8, 4) is 0 Å². The van der Waals surface area contributed by atoms with E-state index in [0.717, 1.165) is 32.2 Å². The molecule has 6 nitrogen and oxygen atoms in total. The first-order chi connectivity index (χ1) is 9.54. The summed E-state index contributed by atoms with van der Waals surface area (Å²) >= 11 is 0. The number of hydrogen-bond donors (Lipinski definition) is 2. The SMILES string of the molecule is CCNc1cnc(C(=O)N(C)CC2(O)CCCC2)cn1. The Hall–Kier alpha value is -1.69. The summed E-state index contributed by atoms with van der Waals surface area (Å²) in [6.45, 7) is 3.08. The highest BCUT2D eigenvalue weighted by Gasteiger charge is 2.33. The lowest BCUT2D eigenvalue weighted by Gasteiger charge is -2.28. The summed E-state index contributed by atoms with van der Waals surface area (Å²) < 4.78 is 0. The maximum atomic E-state index is 12.2. The van der Waals surface area contributed by atoms with E-state index >= 15 is 0 Å². The van der Waals surface area contributed by atoms with E-state index < -0.39 is 5.60 Å². The normalized spacial score (nSPS) is 16.9. The molecule has 20 heavy (non-hydrogen) atoms. The van der Waals surface area contributed by atoms with Gasteiger partial charge in [0.05, 0.1) is 18.0 Å². The molecule has 0 bridgehead atoms. The lowest BCUT2D eigenvalue weighted by molar-refractivity contribution is 0.0154. The first-order valence-corrected chi connectivity index (χ1v) is 7.08. The van der Waals surface area contributed by atoms with Crippen molar-refractivity contribution in [1.29, 1.82) is 0 Å². The molecule has 1 aromatic heterocycles. The van der Waals surface area contributed by atoms with Crippen molar-refractivity contribution in [3.63, 3.8) is 0 Å². The highest BCUT2D eigenvalue weighted by atomic mass is 16.3. The van der Waals surface area contributed by atoms with Crippen molar-refractivity contribution in [2.75, 3.05) is 25.5 Å². The van der Waals surface area contributed by atoms with Crippen LogP contribution in [0.2, 0.25) is 0 Å². The van der Waals surface area contributed by atoms with E-state index in [4.69, 9.17) is 0 Å². The molecule has 1 aromatic rings. The van der Waals surface area contributed by atoms with Crippen molar-refractivity contribution in [3.05, 3.63) is 18.1 Å². The second kappa shape index (κ2) is 6.17. The van der Waals surface area contributed by atoms with Gasteiger partial charge in [-0.3, -0.25) is 4.79 Å². The fourth-order valence-electron chi connectivity index (χ4n) is 2.61. The highest BCUT2D eigenvalue weighted by Crippen LogP contribution is 2.30. The number of amides is 1. The van der Waals surface area contributed by atoms with Crippen LogP contribution in [0.25, 0.3) is 0 Å². The number of nitrogens with zero attached hydrogens (tertiary/aromatic N) is 3. The van der Waals surface area contributed by atoms with Crippen molar-refractivity contribution in [1.82, 2.24) is 14.9 Å². The fraction of sp³-hybridized carbons (Fsp3) is 0.643. The molecule has 0 unspecified atom stereocenters. The van der Waals surface area contributed by atoms with Crippen molar-refractivity contribution >= 4 is 11.7 Å². The minimum atomic E-state index is -0.735. The molecule has 1 saturated carbocycles. The third-order valence-corrected chi connectivity index (χ3v) is 3.64. The molecule has 1 aliphatic carbocycles. The van der Waals surface area contributed by atoms with Crippen molar-refractivity contribution < 1.29 is 9.90 Å². The van der Waals surface area contributed by atoms with Gasteiger partial charge in [0.1, 0.15) is 11.5 Å². The standard InChI is InChI=1S/C14H22N4O2/c1-3-15-12-9-16-11(8-17-12)13(19)18(2)10-14(20)6-4-5-7-14/h8-9,20H,3-7,10H2,1-2H3,(H,15,17). The van der Waals surface area contributed by atoms with E-state index in [9.17, 15) is 9.90 Å². The molecule has 0 aromatic carbocycles. The summed E-state index contributed by atoms with van der Waals surface area (Å²) in [4.78, 5) is 22.0. The van der Waals surface area contributed by atoms with Gasteiger partial charge in [0.25, 0.3) is 5.91 Å². The number of carbonyl (C=O) groups excluding carboxylic acids is 1. The number of rotatable bonds is 5. The number of aromatic nitrogens is 2. The average molecular weight is 278 g/mol. The number of carbonyl (C=O) groups is 1. The van der Waals surface area contributed by atoms with Crippen LogP contribution >= 0.6 is 0 Å². The minimum absolute atomic E-state index is 0.208. The topological polar surface area (TPSA) is 78.4 Å². The van der Waals surface area contributed by atoms with Crippen LogP contribution in [0, 0.1) is 0 Å². The second-order valence-corrected chi connectivity index (χ2v) is 5.41. The smallest absolute Gasteiger partial charge is 0.273 e. The lowest BCUT2D eigenvalue weighted by Crippen LogP contribution is -2.42. The molecule has 2 N–H and O–H groups in total. The molecule has 0 radical (unpaired) electrons. The largest absolute Gasteiger partial charge is 0.388 e. The number of aliphatic hydroxyl groups is 1. The van der Waals surface area contributed by atoms with Gasteiger partial charge >= 0.3 is 0 Å². The van der Waals surface area contributed by atoms with Crippen molar-refractivity contribution in [2.24, 2.45) is 0 Å². The first kappa shape index (κ1) is 14.7. The average Bonchev–Trinajstić information content (AvgIpc) is 2.85. The predicted octanol–water partition coefficient (Wildman–Crippen LogP) is 1.29. The Morgan fingerprint density at radius 1 is 1.40 bits per heavy atom. The van der Waals surface area contributed by atoms with Crippen LogP contribution in [-0.2, 0) is 0 Å². The second-order valence-electron chi connectivity index (χ2n) is 5.41. The number of likely N-dealkylation sites (N-methyl/N-ethyl adjacent to an activating group) is 1. The number of nitrogens with one attached hydrogen (secondary N) is 1. The molecule has 0 spiro atoms. The number of hydrogen-bond acceptors (Lipinski definition) is 5. The fourth-order valence-corrected chi connectivity index (χ4v) is 2.61. The Morgan fingerprint density at radius 3 is 2.65 bits per heavy atom. The van der Waals surface area contributed by atoms with Crippen LogP contribution in [0.4, 0.5) is 5.82 Å². The Labute approximate surface area is 119 Å². The Kier molecular flexibility index (Phi) is 4.54. The van der Waals surface area contributed by atoms with E-state index in [1.54, 1.807) is 13.2 Å². The minimum Gasteiger partial charge on any atom is -0.388 e. The monoisotopic (exact) mass is 278 g/mol. The zero-order valence-electron chi connectivity index (χ0n) is 12.1. The van der Waals surface area contributed by atoms with Gasteiger partial charge in [-0.25, -0.2) is 9.97 Å². The molecule has 110 valence electrons. The van der Waals surface area contributed by atoms with Gasteiger partial charge in [-0.05, 0) is 19.8 Å². The quantitative estimate of drug-likeness (QED) is 0.848. The van der Waals surface area contributed by atoms with Crippen LogP contribution in [0.1, 0.15) is 43.1 Å². The predicted molar refractivity (Wildman–Crippen MR) is 76.6 cm³/mol. The Balaban J connectivity index is 1.99. The first-order valence-electron chi connectivity index (χ1n) is 7.08. The zero-order valence-corrected chi connectivity index (χ0v) is 12.1. The van der Waals surface area contributed by atoms with Crippen LogP contribution in [0.5, 0.6) is 0 Å². The molecule has 0 aliphatic heterocycles. The van der Waals surface area contributed by atoms with Gasteiger partial charge in [0.15, 0.2) is 0 Å². The molecule has 1 fully saturated rings. The summed E-state index contributed by atoms with van der Waals surface area (Å²) in [7, 11) is 1.69. The number of anilines is 1. The third kappa shape index (κ3) is 3.45. The van der Waals surface area contributed by atoms with Gasteiger partial charge in [-0.15, -0.1) is 0 Å². The molecule has 1 amide bonds. The van der Waals surface area contributed by atoms with E-state index in [2.05, 4.69) is 15.3 Å². The summed E-state index contributed by atoms with van der Waals surface area (Å²) in [6.07, 6.45) is 6.58. The molecular formula is C14H22N4O2. The summed E-state index contributed by atoms with van der Waals surface area (Å²) in [5.74, 6) is 0.446. The summed E-state index contributed by atoms with van der Waals surface area (Å²) in [5.41, 5.74) is -0.433. The summed E-state index contributed by atoms with van der Waals surface area (Å²) in [5, 5.41) is 13.4. The summed E-state index contributed by atoms with van der Waals surface area (Å²) in [6, 6.07) is 0. The molecule has 0 atom stereocenters. The molecule has 6 heteroatoms. The third-order valence-electron chi connectivity index (χ3n) is 3.64. The zero-order chi connectivity index (χ0) is 14.6. The van der Waals surface area contributed by atoms with E-state index in [-0.39, 0.29) is 5.91 Å². The van der Waals surface area contributed by atoms with Crippen LogP contribution in [-0.4, -0.2) is 51.6 Å². The van der Waals surface area contributed by atoms with E-state index in [1.165, 1.54) is 11.1 Å². The highest BCUT2D eigenvalue weighted by molar-refractivity contribution is 5.91. The van der Waals surface area contributed by atoms with E-state index in [0.29, 0.717) is 18.1 Å².